The molecule has 2 N–H and O–H groups in total. The van der Waals surface area contributed by atoms with Gasteiger partial charge in [0.25, 0.3) is 11.8 Å². The second-order valence-corrected chi connectivity index (χ2v) is 7.88. The predicted molar refractivity (Wildman–Crippen MR) is 122 cm³/mol. The molecular formula is C25H38N2O3. The summed E-state index contributed by atoms with van der Waals surface area (Å²) in [5.74, 6) is 1.44. The fourth-order valence-corrected chi connectivity index (χ4v) is 3.07. The lowest BCUT2D eigenvalue weighted by molar-refractivity contribution is -0.172. The molecule has 0 spiro atoms. The van der Waals surface area contributed by atoms with Crippen molar-refractivity contribution in [3.63, 3.8) is 0 Å². The van der Waals surface area contributed by atoms with E-state index in [9.17, 15) is 9.59 Å². The molecule has 0 saturated heterocycles. The second kappa shape index (κ2) is 14.8. The molecule has 0 aromatic heterocycles. The molecular weight excluding hydrogens is 376 g/mol. The number of nitrogens with two attached hydrogens (primary N) is 1. The van der Waals surface area contributed by atoms with Gasteiger partial charge in [-0.3, -0.25) is 14.4 Å². The predicted octanol–water partition coefficient (Wildman–Crippen LogP) is 5.08. The van der Waals surface area contributed by atoms with Gasteiger partial charge in [-0.05, 0) is 36.6 Å². The monoisotopic (exact) mass is 414 g/mol. The Balaban J connectivity index is 2.68. The van der Waals surface area contributed by atoms with Crippen LogP contribution >= 0.6 is 0 Å². The van der Waals surface area contributed by atoms with Gasteiger partial charge < -0.3 is 5.73 Å². The molecule has 2 amide bonds. The molecule has 1 rings (SSSR count). The van der Waals surface area contributed by atoms with Crippen LogP contribution in [0.15, 0.2) is 24.3 Å². The lowest BCUT2D eigenvalue weighted by atomic mass is 9.99. The maximum Gasteiger partial charge on any atom is 0.284 e. The summed E-state index contributed by atoms with van der Waals surface area (Å²) in [7, 11) is 0. The van der Waals surface area contributed by atoms with E-state index in [0.717, 1.165) is 30.7 Å². The van der Waals surface area contributed by atoms with Gasteiger partial charge in [0.05, 0.1) is 12.6 Å². The van der Waals surface area contributed by atoms with Crippen molar-refractivity contribution in [3.8, 4) is 12.3 Å². The first-order valence-corrected chi connectivity index (χ1v) is 11.3. The van der Waals surface area contributed by atoms with Gasteiger partial charge in [-0.2, -0.15) is 0 Å². The molecule has 5 heteroatoms. The van der Waals surface area contributed by atoms with Crippen LogP contribution in [-0.4, -0.2) is 29.5 Å². The van der Waals surface area contributed by atoms with E-state index in [-0.39, 0.29) is 5.92 Å². The number of carbonyl (C=O) groups excluding carboxylic acids is 2. The first-order valence-electron chi connectivity index (χ1n) is 11.3. The molecule has 30 heavy (non-hydrogen) atoms. The van der Waals surface area contributed by atoms with Gasteiger partial charge in [0.1, 0.15) is 0 Å². The number of hydrogen-bond acceptors (Lipinski definition) is 4. The number of amides is 2. The minimum Gasteiger partial charge on any atom is -0.320 e. The third-order valence-corrected chi connectivity index (χ3v) is 5.44. The number of hydrogen-bond donors (Lipinski definition) is 1. The molecule has 0 radical (unpaired) electrons. The first-order chi connectivity index (χ1) is 14.5. The summed E-state index contributed by atoms with van der Waals surface area (Å²) in [6.07, 6.45) is 15.3. The summed E-state index contributed by atoms with van der Waals surface area (Å²) >= 11 is 0. The Morgan fingerprint density at radius 1 is 1.03 bits per heavy atom. The van der Waals surface area contributed by atoms with Crippen LogP contribution < -0.4 is 5.73 Å². The Bertz CT molecular complexity index is 679. The molecule has 0 bridgehead atoms. The van der Waals surface area contributed by atoms with Crippen LogP contribution in [0.1, 0.15) is 94.5 Å². The Morgan fingerprint density at radius 2 is 1.60 bits per heavy atom. The standard InChI is InChI=1S/C25H38N2O3/c1-5-8-9-10-11-12-13-14-19-30-27(25(29)23(26)20(4)6-2)24(28)22-17-15-21(7-3)16-18-22/h3,15-18,20,23H,5-6,8-14,19,26H2,1-2,4H3/t20-,23-/m0/s1. The van der Waals surface area contributed by atoms with Crippen LogP contribution in [0.3, 0.4) is 0 Å². The average Bonchev–Trinajstić information content (AvgIpc) is 2.78. The summed E-state index contributed by atoms with van der Waals surface area (Å²) in [6, 6.07) is 5.76. The molecule has 0 unspecified atom stereocenters. The van der Waals surface area contributed by atoms with Crippen molar-refractivity contribution in [1.29, 1.82) is 0 Å². The number of rotatable bonds is 14. The van der Waals surface area contributed by atoms with Crippen molar-refractivity contribution in [2.24, 2.45) is 11.7 Å². The van der Waals surface area contributed by atoms with Crippen molar-refractivity contribution in [3.05, 3.63) is 35.4 Å². The lowest BCUT2D eigenvalue weighted by Gasteiger charge is -2.25. The Labute approximate surface area is 182 Å². The van der Waals surface area contributed by atoms with E-state index in [1.54, 1.807) is 24.3 Å². The van der Waals surface area contributed by atoms with Gasteiger partial charge in [-0.25, -0.2) is 0 Å². The highest BCUT2D eigenvalue weighted by atomic mass is 16.7. The molecule has 0 saturated carbocycles. The van der Waals surface area contributed by atoms with Crippen LogP contribution in [0.2, 0.25) is 0 Å². The zero-order chi connectivity index (χ0) is 22.4. The summed E-state index contributed by atoms with van der Waals surface area (Å²) in [5.41, 5.74) is 7.10. The molecule has 1 aromatic rings. The van der Waals surface area contributed by atoms with Gasteiger partial charge in [0.15, 0.2) is 0 Å². The Kier molecular flexibility index (Phi) is 12.7. The normalized spacial score (nSPS) is 12.8. The minimum absolute atomic E-state index is 0.0525. The third kappa shape index (κ3) is 8.69. The second-order valence-electron chi connectivity index (χ2n) is 7.88. The maximum absolute atomic E-state index is 12.9. The van der Waals surface area contributed by atoms with Gasteiger partial charge in [-0.15, -0.1) is 11.5 Å². The zero-order valence-corrected chi connectivity index (χ0v) is 18.9. The first kappa shape index (κ1) is 25.9. The van der Waals surface area contributed by atoms with Crippen molar-refractivity contribution >= 4 is 11.8 Å². The van der Waals surface area contributed by atoms with Crippen LogP contribution in [0.5, 0.6) is 0 Å². The number of unbranched alkanes of at least 4 members (excludes halogenated alkanes) is 7. The van der Waals surface area contributed by atoms with E-state index < -0.39 is 17.9 Å². The molecule has 0 aliphatic rings. The summed E-state index contributed by atoms with van der Waals surface area (Å²) in [4.78, 5) is 31.5. The smallest absolute Gasteiger partial charge is 0.284 e. The van der Waals surface area contributed by atoms with Crippen molar-refractivity contribution in [2.45, 2.75) is 84.6 Å². The van der Waals surface area contributed by atoms with Crippen LogP contribution in [-0.2, 0) is 9.63 Å². The highest BCUT2D eigenvalue weighted by Gasteiger charge is 2.31. The number of carbonyl (C=O) groups is 2. The molecule has 0 aliphatic carbocycles. The topological polar surface area (TPSA) is 72.6 Å². The van der Waals surface area contributed by atoms with Crippen molar-refractivity contribution in [1.82, 2.24) is 5.06 Å². The molecule has 166 valence electrons. The zero-order valence-electron chi connectivity index (χ0n) is 18.9. The molecule has 1 aromatic carbocycles. The van der Waals surface area contributed by atoms with Gasteiger partial charge in [-0.1, -0.05) is 78.1 Å². The van der Waals surface area contributed by atoms with E-state index >= 15 is 0 Å². The quantitative estimate of drug-likeness (QED) is 0.262. The van der Waals surface area contributed by atoms with E-state index in [1.165, 1.54) is 32.1 Å². The highest BCUT2D eigenvalue weighted by Crippen LogP contribution is 2.14. The SMILES string of the molecule is C#Cc1ccc(C(=O)N(OCCCCCCCCCC)C(=O)[C@@H](N)[C@@H](C)CC)cc1. The van der Waals surface area contributed by atoms with Gasteiger partial charge >= 0.3 is 0 Å². The number of imide groups is 1. The Morgan fingerprint density at radius 3 is 2.13 bits per heavy atom. The van der Waals surface area contributed by atoms with E-state index in [1.807, 2.05) is 13.8 Å². The average molecular weight is 415 g/mol. The van der Waals surface area contributed by atoms with Crippen molar-refractivity contribution in [2.75, 3.05) is 6.61 Å². The molecule has 0 aliphatic heterocycles. The lowest BCUT2D eigenvalue weighted by Crippen LogP contribution is -2.49. The minimum atomic E-state index is -0.789. The summed E-state index contributed by atoms with van der Waals surface area (Å²) in [5, 5.41) is 0.850. The summed E-state index contributed by atoms with van der Waals surface area (Å²) in [6.45, 7) is 6.37. The van der Waals surface area contributed by atoms with Gasteiger partial charge in [0.2, 0.25) is 0 Å². The number of hydroxylamine groups is 2. The summed E-state index contributed by atoms with van der Waals surface area (Å²) < 4.78 is 0. The van der Waals surface area contributed by atoms with E-state index in [4.69, 9.17) is 17.0 Å². The van der Waals surface area contributed by atoms with Crippen LogP contribution in [0.4, 0.5) is 0 Å². The maximum atomic E-state index is 12.9. The fraction of sp³-hybridized carbons (Fsp3) is 0.600. The van der Waals surface area contributed by atoms with Crippen molar-refractivity contribution < 1.29 is 14.4 Å². The van der Waals surface area contributed by atoms with Crippen LogP contribution in [0, 0.1) is 18.3 Å². The van der Waals surface area contributed by atoms with E-state index in [2.05, 4.69) is 12.8 Å². The Hall–Kier alpha value is -2.16. The number of nitrogens with zero attached hydrogens (tertiary/aromatic N) is 1. The molecule has 5 nitrogen and oxygen atoms in total. The third-order valence-electron chi connectivity index (χ3n) is 5.44. The highest BCUT2D eigenvalue weighted by molar-refractivity contribution is 6.05. The molecule has 2 atom stereocenters. The largest absolute Gasteiger partial charge is 0.320 e. The van der Waals surface area contributed by atoms with Gasteiger partial charge in [0, 0.05) is 11.1 Å². The molecule has 0 heterocycles. The fourth-order valence-electron chi connectivity index (χ4n) is 3.07. The molecule has 0 fully saturated rings. The number of benzene rings is 1. The van der Waals surface area contributed by atoms with E-state index in [0.29, 0.717) is 17.7 Å². The number of terminal acetylenes is 1. The van der Waals surface area contributed by atoms with Crippen LogP contribution in [0.25, 0.3) is 0 Å².